The molecule has 0 atom stereocenters. The van der Waals surface area contributed by atoms with Gasteiger partial charge in [-0.15, -0.1) is 11.3 Å². The number of hydrogen-bond acceptors (Lipinski definition) is 4. The maximum Gasteiger partial charge on any atom is 0.263 e. The van der Waals surface area contributed by atoms with E-state index in [9.17, 15) is 21.6 Å². The van der Waals surface area contributed by atoms with E-state index in [1.165, 1.54) is 12.3 Å². The first-order valence-electron chi connectivity index (χ1n) is 5.62. The van der Waals surface area contributed by atoms with Gasteiger partial charge in [0.2, 0.25) is 0 Å². The number of benzene rings is 1. The average molecular weight is 337 g/mol. The van der Waals surface area contributed by atoms with Crippen molar-refractivity contribution in [1.82, 2.24) is 0 Å². The van der Waals surface area contributed by atoms with E-state index in [1.54, 1.807) is 0 Å². The zero-order valence-electron chi connectivity index (χ0n) is 10.7. The van der Waals surface area contributed by atoms with Crippen LogP contribution in [0.1, 0.15) is 10.4 Å². The largest absolute Gasteiger partial charge is 0.391 e. The molecule has 1 aromatic heterocycles. The Kier molecular flexibility index (Phi) is 4.26. The topological polar surface area (TPSA) is 66.4 Å². The summed E-state index contributed by atoms with van der Waals surface area (Å²) in [6, 6.07) is 1.40. The van der Waals surface area contributed by atoms with Crippen LogP contribution in [0.5, 0.6) is 0 Å². The number of thiophene rings is 1. The molecule has 1 aromatic carbocycles. The van der Waals surface area contributed by atoms with Crippen molar-refractivity contribution >= 4 is 27.0 Å². The molecule has 2 aromatic rings. The van der Waals surface area contributed by atoms with Crippen LogP contribution in [0.25, 0.3) is 0 Å². The maximum absolute atomic E-state index is 13.5. The first-order valence-corrected chi connectivity index (χ1v) is 7.98. The van der Waals surface area contributed by atoms with Crippen molar-refractivity contribution in [3.8, 4) is 0 Å². The lowest BCUT2D eigenvalue weighted by atomic mass is 10.3. The Balaban J connectivity index is 2.48. The summed E-state index contributed by atoms with van der Waals surface area (Å²) in [7, 11) is -4.22. The maximum atomic E-state index is 13.5. The van der Waals surface area contributed by atoms with Crippen molar-refractivity contribution < 1.29 is 26.7 Å². The fraction of sp³-hybridized carbons (Fsp3) is 0.167. The van der Waals surface area contributed by atoms with E-state index in [4.69, 9.17) is 5.11 Å². The van der Waals surface area contributed by atoms with E-state index < -0.39 is 39.8 Å². The number of aliphatic hydroxyl groups excluding tert-OH is 1. The van der Waals surface area contributed by atoms with Crippen LogP contribution < -0.4 is 4.72 Å². The highest BCUT2D eigenvalue weighted by molar-refractivity contribution is 7.93. The third kappa shape index (κ3) is 2.89. The molecule has 0 amide bonds. The van der Waals surface area contributed by atoms with E-state index in [1.807, 2.05) is 4.72 Å². The van der Waals surface area contributed by atoms with E-state index in [0.29, 0.717) is 11.6 Å². The molecule has 0 spiro atoms. The second-order valence-electron chi connectivity index (χ2n) is 4.16. The summed E-state index contributed by atoms with van der Waals surface area (Å²) in [6.45, 7) is 1.00. The third-order valence-corrected chi connectivity index (χ3v) is 5.49. The molecule has 2 rings (SSSR count). The van der Waals surface area contributed by atoms with Gasteiger partial charge in [0, 0.05) is 0 Å². The first kappa shape index (κ1) is 15.8. The van der Waals surface area contributed by atoms with Gasteiger partial charge in [-0.05, 0) is 30.0 Å². The standard InChI is InChI=1S/C12H10F3NO3S2/c1-6-5-20-9(4-17)12(6)21(18,19)16-8-3-2-7(13)10(14)11(8)15/h2-3,5,16-17H,4H2,1H3. The van der Waals surface area contributed by atoms with Gasteiger partial charge in [-0.25, -0.2) is 21.6 Å². The molecule has 0 radical (unpaired) electrons. The summed E-state index contributed by atoms with van der Waals surface area (Å²) < 4.78 is 65.7. The summed E-state index contributed by atoms with van der Waals surface area (Å²) in [5.41, 5.74) is -0.345. The van der Waals surface area contributed by atoms with Crippen molar-refractivity contribution in [2.24, 2.45) is 0 Å². The minimum atomic E-state index is -4.22. The number of rotatable bonds is 4. The highest BCUT2D eigenvalue weighted by Crippen LogP contribution is 2.29. The Morgan fingerprint density at radius 3 is 2.52 bits per heavy atom. The molecule has 9 heteroatoms. The van der Waals surface area contributed by atoms with Gasteiger partial charge >= 0.3 is 0 Å². The molecule has 0 bridgehead atoms. The van der Waals surface area contributed by atoms with Gasteiger partial charge in [-0.2, -0.15) is 0 Å². The Bertz CT molecular complexity index is 787. The van der Waals surface area contributed by atoms with Crippen LogP contribution >= 0.6 is 11.3 Å². The zero-order valence-corrected chi connectivity index (χ0v) is 12.3. The van der Waals surface area contributed by atoms with Gasteiger partial charge in [0.25, 0.3) is 10.0 Å². The Hall–Kier alpha value is -1.58. The van der Waals surface area contributed by atoms with Crippen LogP contribution in [0.4, 0.5) is 18.9 Å². The van der Waals surface area contributed by atoms with E-state index in [2.05, 4.69) is 0 Å². The lowest BCUT2D eigenvalue weighted by Gasteiger charge is -2.10. The molecular weight excluding hydrogens is 327 g/mol. The summed E-state index contributed by atoms with van der Waals surface area (Å²) in [6.07, 6.45) is 0. The SMILES string of the molecule is Cc1csc(CO)c1S(=O)(=O)Nc1ccc(F)c(F)c1F. The molecule has 4 nitrogen and oxygen atoms in total. The van der Waals surface area contributed by atoms with Crippen LogP contribution in [-0.2, 0) is 16.6 Å². The molecule has 0 unspecified atom stereocenters. The lowest BCUT2D eigenvalue weighted by molar-refractivity contribution is 0.282. The fourth-order valence-electron chi connectivity index (χ4n) is 1.76. The van der Waals surface area contributed by atoms with Gasteiger partial charge in [0.05, 0.1) is 17.2 Å². The molecule has 21 heavy (non-hydrogen) atoms. The molecule has 1 heterocycles. The number of nitrogens with one attached hydrogen (secondary N) is 1. The van der Waals surface area contributed by atoms with Crippen molar-refractivity contribution in [2.75, 3.05) is 4.72 Å². The minimum Gasteiger partial charge on any atom is -0.391 e. The van der Waals surface area contributed by atoms with E-state index in [-0.39, 0.29) is 9.77 Å². The first-order chi connectivity index (χ1) is 9.77. The molecule has 0 saturated carbocycles. The molecule has 0 fully saturated rings. The highest BCUT2D eigenvalue weighted by atomic mass is 32.2. The van der Waals surface area contributed by atoms with Crippen LogP contribution in [0, 0.1) is 24.4 Å². The molecule has 0 saturated heterocycles. The molecule has 0 aliphatic carbocycles. The Labute approximate surface area is 122 Å². The Morgan fingerprint density at radius 1 is 1.24 bits per heavy atom. The quantitative estimate of drug-likeness (QED) is 0.843. The number of hydrogen-bond donors (Lipinski definition) is 2. The number of anilines is 1. The number of aryl methyl sites for hydroxylation is 1. The van der Waals surface area contributed by atoms with Crippen molar-refractivity contribution in [2.45, 2.75) is 18.4 Å². The summed E-state index contributed by atoms with van der Waals surface area (Å²) in [5.74, 6) is -4.81. The zero-order chi connectivity index (χ0) is 15.8. The molecule has 114 valence electrons. The summed E-state index contributed by atoms with van der Waals surface area (Å²) in [4.78, 5) is -0.0258. The molecular formula is C12H10F3NO3S2. The van der Waals surface area contributed by atoms with Gasteiger partial charge in [0.15, 0.2) is 17.5 Å². The van der Waals surface area contributed by atoms with E-state index in [0.717, 1.165) is 17.4 Å². The van der Waals surface area contributed by atoms with E-state index >= 15 is 0 Å². The van der Waals surface area contributed by atoms with Crippen molar-refractivity contribution in [3.05, 3.63) is 45.4 Å². The van der Waals surface area contributed by atoms with Crippen molar-refractivity contribution in [1.29, 1.82) is 0 Å². The second-order valence-corrected chi connectivity index (χ2v) is 6.74. The minimum absolute atomic E-state index is 0.169. The number of aliphatic hydroxyl groups is 1. The second kappa shape index (κ2) is 5.66. The predicted molar refractivity (Wildman–Crippen MR) is 72.1 cm³/mol. The van der Waals surface area contributed by atoms with Gasteiger partial charge in [0.1, 0.15) is 4.90 Å². The smallest absolute Gasteiger partial charge is 0.263 e. The number of halogens is 3. The summed E-state index contributed by atoms with van der Waals surface area (Å²) in [5, 5.41) is 10.6. The summed E-state index contributed by atoms with van der Waals surface area (Å²) >= 11 is 1.03. The monoisotopic (exact) mass is 337 g/mol. The normalized spacial score (nSPS) is 11.7. The molecule has 0 aliphatic heterocycles. The van der Waals surface area contributed by atoms with Crippen LogP contribution in [0.15, 0.2) is 22.4 Å². The van der Waals surface area contributed by atoms with Crippen LogP contribution in [-0.4, -0.2) is 13.5 Å². The van der Waals surface area contributed by atoms with Crippen LogP contribution in [0.3, 0.4) is 0 Å². The molecule has 0 aliphatic rings. The lowest BCUT2D eigenvalue weighted by Crippen LogP contribution is -2.16. The van der Waals surface area contributed by atoms with Gasteiger partial charge < -0.3 is 5.11 Å². The Morgan fingerprint density at radius 2 is 1.90 bits per heavy atom. The average Bonchev–Trinajstić information content (AvgIpc) is 2.81. The predicted octanol–water partition coefficient (Wildman–Crippen LogP) is 2.77. The van der Waals surface area contributed by atoms with Gasteiger partial charge in [-0.3, -0.25) is 4.72 Å². The van der Waals surface area contributed by atoms with Crippen molar-refractivity contribution in [3.63, 3.8) is 0 Å². The highest BCUT2D eigenvalue weighted by Gasteiger charge is 2.25. The van der Waals surface area contributed by atoms with Gasteiger partial charge in [-0.1, -0.05) is 0 Å². The van der Waals surface area contributed by atoms with Crippen LogP contribution in [0.2, 0.25) is 0 Å². The number of sulfonamides is 1. The molecule has 2 N–H and O–H groups in total. The third-order valence-electron chi connectivity index (χ3n) is 2.68. The fourth-order valence-corrected chi connectivity index (χ4v) is 4.48.